The zero-order valence-electron chi connectivity index (χ0n) is 19.4. The summed E-state index contributed by atoms with van der Waals surface area (Å²) in [6.45, 7) is 4.74. The number of nitrogens with one attached hydrogen (secondary N) is 1. The van der Waals surface area contributed by atoms with Crippen LogP contribution in [0.15, 0.2) is 36.4 Å². The molecule has 4 rings (SSSR count). The summed E-state index contributed by atoms with van der Waals surface area (Å²) in [6, 6.07) is 11.4. The fourth-order valence-electron chi connectivity index (χ4n) is 4.13. The van der Waals surface area contributed by atoms with E-state index in [-0.39, 0.29) is 5.56 Å². The van der Waals surface area contributed by atoms with Crippen molar-refractivity contribution >= 4 is 28.7 Å². The van der Waals surface area contributed by atoms with Crippen molar-refractivity contribution in [3.63, 3.8) is 0 Å². The smallest absolute Gasteiger partial charge is 0.336 e. The molecule has 0 aliphatic carbocycles. The van der Waals surface area contributed by atoms with E-state index in [2.05, 4.69) is 42.8 Å². The van der Waals surface area contributed by atoms with Gasteiger partial charge in [-0.25, -0.2) is 9.48 Å². The van der Waals surface area contributed by atoms with Crippen LogP contribution in [0.3, 0.4) is 0 Å². The first kappa shape index (κ1) is 23.5. The molecule has 0 bridgehead atoms. The highest BCUT2D eigenvalue weighted by Gasteiger charge is 2.20. The molecule has 11 nitrogen and oxygen atoms in total. The predicted octanol–water partition coefficient (Wildman–Crippen LogP) is 1.75. The number of aromatic carboxylic acids is 1. The van der Waals surface area contributed by atoms with E-state index in [4.69, 9.17) is 10.5 Å². The minimum absolute atomic E-state index is 0.198. The van der Waals surface area contributed by atoms with E-state index in [0.717, 1.165) is 49.9 Å². The molecule has 34 heavy (non-hydrogen) atoms. The summed E-state index contributed by atoms with van der Waals surface area (Å²) < 4.78 is 6.84. The fourth-order valence-corrected chi connectivity index (χ4v) is 4.13. The first-order valence-corrected chi connectivity index (χ1v) is 11.2. The Morgan fingerprint density at radius 2 is 2.00 bits per heavy atom. The SMILES string of the molecule is COCCc1c(C(=O)O)ccc(Nc2cccc(N3CCN(Cc4nnnn4C)CC3)c2)c1N. The number of nitrogens with two attached hydrogens (primary N) is 1. The molecule has 4 N–H and O–H groups in total. The minimum Gasteiger partial charge on any atom is -0.478 e. The van der Waals surface area contributed by atoms with Crippen LogP contribution >= 0.6 is 0 Å². The lowest BCUT2D eigenvalue weighted by Gasteiger charge is -2.35. The van der Waals surface area contributed by atoms with Gasteiger partial charge in [-0.15, -0.1) is 5.10 Å². The number of aromatic nitrogens is 4. The standard InChI is InChI=1S/C23H30N8O3/c1-29-21(26-27-28-29)15-30-9-11-31(12-10-30)17-5-3-4-16(14-17)25-20-7-6-19(23(32)33)18(22(20)24)8-13-34-2/h3-7,14,25H,8-13,15,24H2,1-2H3,(H,32,33). The Bertz CT molecular complexity index is 1140. The lowest BCUT2D eigenvalue weighted by molar-refractivity contribution is 0.0695. The number of methoxy groups -OCH3 is 1. The molecule has 0 unspecified atom stereocenters. The minimum atomic E-state index is -0.999. The van der Waals surface area contributed by atoms with E-state index in [1.54, 1.807) is 23.9 Å². The monoisotopic (exact) mass is 466 g/mol. The molecule has 0 radical (unpaired) electrons. The molecule has 2 aromatic carbocycles. The molecule has 1 saturated heterocycles. The van der Waals surface area contributed by atoms with Crippen molar-refractivity contribution in [2.75, 3.05) is 55.8 Å². The second-order valence-electron chi connectivity index (χ2n) is 8.26. The van der Waals surface area contributed by atoms with Crippen molar-refractivity contribution in [2.24, 2.45) is 7.05 Å². The van der Waals surface area contributed by atoms with E-state index >= 15 is 0 Å². The number of aryl methyl sites for hydroxylation is 1. The van der Waals surface area contributed by atoms with E-state index in [9.17, 15) is 9.90 Å². The summed E-state index contributed by atoms with van der Waals surface area (Å²) in [5.74, 6) is -0.142. The first-order chi connectivity index (χ1) is 16.5. The quantitative estimate of drug-likeness (QED) is 0.400. The molecule has 2 heterocycles. The second-order valence-corrected chi connectivity index (χ2v) is 8.26. The van der Waals surface area contributed by atoms with Crippen LogP contribution in [0, 0.1) is 0 Å². The molecule has 180 valence electrons. The van der Waals surface area contributed by atoms with Crippen LogP contribution < -0.4 is 16.0 Å². The van der Waals surface area contributed by atoms with Gasteiger partial charge < -0.3 is 25.8 Å². The van der Waals surface area contributed by atoms with Crippen molar-refractivity contribution in [1.82, 2.24) is 25.1 Å². The van der Waals surface area contributed by atoms with Crippen LogP contribution in [0.2, 0.25) is 0 Å². The molecule has 1 aliphatic heterocycles. The van der Waals surface area contributed by atoms with Crippen LogP contribution in [0.5, 0.6) is 0 Å². The zero-order valence-corrected chi connectivity index (χ0v) is 19.4. The summed E-state index contributed by atoms with van der Waals surface area (Å²) >= 11 is 0. The number of nitrogen functional groups attached to an aromatic ring is 1. The maximum Gasteiger partial charge on any atom is 0.336 e. The number of carboxylic acid groups (broad SMARTS) is 1. The third kappa shape index (κ3) is 5.26. The molecule has 11 heteroatoms. The molecule has 0 spiro atoms. The summed E-state index contributed by atoms with van der Waals surface area (Å²) in [6.07, 6.45) is 0.425. The molecule has 0 atom stereocenters. The molecular weight excluding hydrogens is 436 g/mol. The van der Waals surface area contributed by atoms with Crippen molar-refractivity contribution < 1.29 is 14.6 Å². The van der Waals surface area contributed by atoms with Gasteiger partial charge in [-0.05, 0) is 52.7 Å². The molecule has 0 saturated carbocycles. The van der Waals surface area contributed by atoms with E-state index in [1.165, 1.54) is 0 Å². The van der Waals surface area contributed by atoms with Crippen LogP contribution in [0.25, 0.3) is 0 Å². The molecule has 3 aromatic rings. The number of anilines is 4. The predicted molar refractivity (Wildman–Crippen MR) is 129 cm³/mol. The van der Waals surface area contributed by atoms with Crippen molar-refractivity contribution in [1.29, 1.82) is 0 Å². The highest BCUT2D eigenvalue weighted by atomic mass is 16.5. The third-order valence-corrected chi connectivity index (χ3v) is 6.08. The van der Waals surface area contributed by atoms with Gasteiger partial charge in [-0.1, -0.05) is 6.07 Å². The average molecular weight is 467 g/mol. The van der Waals surface area contributed by atoms with Gasteiger partial charge in [0.15, 0.2) is 5.82 Å². The number of ether oxygens (including phenoxy) is 1. The Morgan fingerprint density at radius 1 is 1.21 bits per heavy atom. The lowest BCUT2D eigenvalue weighted by atomic mass is 10.0. The number of rotatable bonds is 9. The zero-order chi connectivity index (χ0) is 24.1. The van der Waals surface area contributed by atoms with Gasteiger partial charge in [-0.2, -0.15) is 0 Å². The van der Waals surface area contributed by atoms with Gasteiger partial charge in [0.2, 0.25) is 0 Å². The average Bonchev–Trinajstić information content (AvgIpc) is 3.24. The number of hydrogen-bond donors (Lipinski definition) is 3. The van der Waals surface area contributed by atoms with Crippen molar-refractivity contribution in [3.8, 4) is 0 Å². The Kier molecular flexibility index (Phi) is 7.24. The summed E-state index contributed by atoms with van der Waals surface area (Å²) in [7, 11) is 3.43. The summed E-state index contributed by atoms with van der Waals surface area (Å²) in [5, 5.41) is 24.6. The van der Waals surface area contributed by atoms with Crippen LogP contribution in [0.4, 0.5) is 22.7 Å². The number of hydrogen-bond acceptors (Lipinski definition) is 9. The lowest BCUT2D eigenvalue weighted by Crippen LogP contribution is -2.46. The fraction of sp³-hybridized carbons (Fsp3) is 0.391. The highest BCUT2D eigenvalue weighted by molar-refractivity contribution is 5.94. The normalized spacial score (nSPS) is 14.4. The summed E-state index contributed by atoms with van der Waals surface area (Å²) in [5.41, 5.74) is 10.2. The molecular formula is C23H30N8O3. The van der Waals surface area contributed by atoms with Gasteiger partial charge in [0, 0.05) is 51.7 Å². The maximum absolute atomic E-state index is 11.6. The molecule has 0 amide bonds. The van der Waals surface area contributed by atoms with Crippen LogP contribution in [0.1, 0.15) is 21.7 Å². The van der Waals surface area contributed by atoms with Gasteiger partial charge in [0.05, 0.1) is 30.1 Å². The second kappa shape index (κ2) is 10.5. The largest absolute Gasteiger partial charge is 0.478 e. The number of carbonyl (C=O) groups is 1. The number of nitrogens with zero attached hydrogens (tertiary/aromatic N) is 6. The Balaban J connectivity index is 1.44. The number of benzene rings is 2. The Morgan fingerprint density at radius 3 is 2.68 bits per heavy atom. The van der Waals surface area contributed by atoms with Crippen molar-refractivity contribution in [3.05, 3.63) is 53.3 Å². The van der Waals surface area contributed by atoms with E-state index in [1.807, 2.05) is 19.2 Å². The topological polar surface area (TPSA) is 135 Å². The Labute approximate surface area is 198 Å². The van der Waals surface area contributed by atoms with Crippen molar-refractivity contribution in [2.45, 2.75) is 13.0 Å². The van der Waals surface area contributed by atoms with Gasteiger partial charge in [0.1, 0.15) is 0 Å². The van der Waals surface area contributed by atoms with Gasteiger partial charge in [0.25, 0.3) is 0 Å². The number of carboxylic acids is 1. The molecule has 1 aliphatic rings. The maximum atomic E-state index is 11.6. The highest BCUT2D eigenvalue weighted by Crippen LogP contribution is 2.31. The number of piperazine rings is 1. The number of tetrazole rings is 1. The molecule has 1 fully saturated rings. The third-order valence-electron chi connectivity index (χ3n) is 6.08. The first-order valence-electron chi connectivity index (χ1n) is 11.2. The van der Waals surface area contributed by atoms with E-state index in [0.29, 0.717) is 30.0 Å². The van der Waals surface area contributed by atoms with E-state index < -0.39 is 5.97 Å². The van der Waals surface area contributed by atoms with Gasteiger partial charge in [-0.3, -0.25) is 4.90 Å². The van der Waals surface area contributed by atoms with Gasteiger partial charge >= 0.3 is 5.97 Å². The van der Waals surface area contributed by atoms with Crippen LogP contribution in [-0.2, 0) is 24.8 Å². The molecule has 1 aromatic heterocycles. The Hall–Kier alpha value is -3.70. The summed E-state index contributed by atoms with van der Waals surface area (Å²) in [4.78, 5) is 16.3. The van der Waals surface area contributed by atoms with Crippen LogP contribution in [-0.4, -0.2) is 76.1 Å².